The van der Waals surface area contributed by atoms with Gasteiger partial charge in [-0.25, -0.2) is 0 Å². The summed E-state index contributed by atoms with van der Waals surface area (Å²) >= 11 is 0. The molecular weight excluding hydrogens is 230 g/mol. The zero-order chi connectivity index (χ0) is 13.2. The Bertz CT molecular complexity index is 462. The van der Waals surface area contributed by atoms with Crippen LogP contribution in [0, 0.1) is 0 Å². The number of nitrogens with one attached hydrogen (secondary N) is 1. The first-order chi connectivity index (χ1) is 8.48. The number of aromatic amines is 1. The van der Waals surface area contributed by atoms with Crippen LogP contribution in [0.15, 0.2) is 10.9 Å². The molecule has 1 aromatic rings. The minimum Gasteiger partial charge on any atom is -0.476 e. The van der Waals surface area contributed by atoms with Gasteiger partial charge >= 0.3 is 0 Å². The average Bonchev–Trinajstić information content (AvgIpc) is 2.73. The summed E-state index contributed by atoms with van der Waals surface area (Å²) in [6.07, 6.45) is 4.26. The molecule has 100 valence electrons. The van der Waals surface area contributed by atoms with Crippen molar-refractivity contribution in [3.63, 3.8) is 0 Å². The lowest BCUT2D eigenvalue weighted by Crippen LogP contribution is -2.42. The lowest BCUT2D eigenvalue weighted by molar-refractivity contribution is 0.212. The third-order valence-corrected chi connectivity index (χ3v) is 3.39. The second-order valence-electron chi connectivity index (χ2n) is 5.48. The minimum absolute atomic E-state index is 0.166. The molecule has 1 aliphatic rings. The van der Waals surface area contributed by atoms with Gasteiger partial charge in [-0.15, -0.1) is 0 Å². The molecule has 3 N–H and O–H groups in total. The molecule has 1 heterocycles. The molecule has 0 atom stereocenters. The van der Waals surface area contributed by atoms with Crippen molar-refractivity contribution in [1.29, 1.82) is 0 Å². The second kappa shape index (κ2) is 5.10. The first kappa shape index (κ1) is 13.1. The van der Waals surface area contributed by atoms with Gasteiger partial charge in [-0.3, -0.25) is 4.79 Å². The van der Waals surface area contributed by atoms with E-state index in [0.717, 1.165) is 25.7 Å². The van der Waals surface area contributed by atoms with E-state index in [1.807, 2.05) is 13.8 Å². The number of hydrogen-bond donors (Lipinski definition) is 2. The van der Waals surface area contributed by atoms with Crippen LogP contribution in [-0.4, -0.2) is 22.1 Å². The first-order valence-electron chi connectivity index (χ1n) is 6.51. The van der Waals surface area contributed by atoms with E-state index in [2.05, 4.69) is 9.97 Å². The molecule has 0 saturated heterocycles. The van der Waals surface area contributed by atoms with Crippen molar-refractivity contribution < 1.29 is 4.74 Å². The molecule has 5 nitrogen and oxygen atoms in total. The summed E-state index contributed by atoms with van der Waals surface area (Å²) in [7, 11) is 0. The number of rotatable bonds is 4. The zero-order valence-electron chi connectivity index (χ0n) is 11.0. The molecule has 2 rings (SSSR count). The number of ether oxygens (including phenoxy) is 1. The van der Waals surface area contributed by atoms with E-state index >= 15 is 0 Å². The van der Waals surface area contributed by atoms with E-state index in [1.165, 1.54) is 6.07 Å². The Morgan fingerprint density at radius 1 is 1.50 bits per heavy atom. The normalized spacial score (nSPS) is 18.2. The van der Waals surface area contributed by atoms with E-state index in [1.54, 1.807) is 0 Å². The highest BCUT2D eigenvalue weighted by atomic mass is 16.5. The van der Waals surface area contributed by atoms with E-state index < -0.39 is 0 Å². The first-order valence-corrected chi connectivity index (χ1v) is 6.51. The molecule has 5 heteroatoms. The fraction of sp³-hybridized carbons (Fsp3) is 0.692. The molecule has 1 aliphatic carbocycles. The summed E-state index contributed by atoms with van der Waals surface area (Å²) in [4.78, 5) is 18.5. The average molecular weight is 251 g/mol. The maximum atomic E-state index is 11.5. The molecule has 0 aromatic carbocycles. The Kier molecular flexibility index (Phi) is 3.71. The molecule has 0 radical (unpaired) electrons. The van der Waals surface area contributed by atoms with E-state index in [0.29, 0.717) is 18.3 Å². The fourth-order valence-corrected chi connectivity index (χ4v) is 2.24. The molecule has 0 aliphatic heterocycles. The van der Waals surface area contributed by atoms with Gasteiger partial charge in [0.25, 0.3) is 5.56 Å². The largest absolute Gasteiger partial charge is 0.476 e. The number of H-pyrrole nitrogens is 1. The maximum Gasteiger partial charge on any atom is 0.254 e. The molecule has 1 aromatic heterocycles. The quantitative estimate of drug-likeness (QED) is 0.850. The smallest absolute Gasteiger partial charge is 0.254 e. The molecule has 0 amide bonds. The van der Waals surface area contributed by atoms with Crippen molar-refractivity contribution in [3.05, 3.63) is 22.2 Å². The molecule has 1 fully saturated rings. The molecule has 0 bridgehead atoms. The van der Waals surface area contributed by atoms with Gasteiger partial charge in [-0.1, -0.05) is 26.7 Å². The van der Waals surface area contributed by atoms with Gasteiger partial charge in [0, 0.05) is 5.92 Å². The minimum atomic E-state index is -0.248. The van der Waals surface area contributed by atoms with E-state index in [9.17, 15) is 4.79 Å². The fourth-order valence-electron chi connectivity index (χ4n) is 2.24. The maximum absolute atomic E-state index is 11.5. The number of hydrogen-bond acceptors (Lipinski definition) is 4. The van der Waals surface area contributed by atoms with Crippen LogP contribution in [0.2, 0.25) is 0 Å². The summed E-state index contributed by atoms with van der Waals surface area (Å²) < 4.78 is 5.61. The Morgan fingerprint density at radius 2 is 2.17 bits per heavy atom. The molecule has 0 unspecified atom stereocenters. The van der Waals surface area contributed by atoms with Gasteiger partial charge in [0.15, 0.2) is 0 Å². The van der Waals surface area contributed by atoms with Crippen molar-refractivity contribution in [1.82, 2.24) is 9.97 Å². The summed E-state index contributed by atoms with van der Waals surface area (Å²) in [5.41, 5.74) is 5.78. The molecule has 1 saturated carbocycles. The van der Waals surface area contributed by atoms with E-state index in [-0.39, 0.29) is 17.0 Å². The standard InChI is InChI=1S/C13H21N3O2/c1-9(2)12-15-10(17)7-11(16-12)18-8-13(14)5-3-4-6-13/h7,9H,3-6,8,14H2,1-2H3,(H,15,16,17). The van der Waals surface area contributed by atoms with Gasteiger partial charge in [-0.2, -0.15) is 4.98 Å². The van der Waals surface area contributed by atoms with Crippen LogP contribution in [0.5, 0.6) is 5.88 Å². The van der Waals surface area contributed by atoms with Gasteiger partial charge in [0.05, 0.1) is 11.6 Å². The molecule has 0 spiro atoms. The highest BCUT2D eigenvalue weighted by Crippen LogP contribution is 2.27. The van der Waals surface area contributed by atoms with Crippen molar-refractivity contribution in [2.45, 2.75) is 51.0 Å². The summed E-state index contributed by atoms with van der Waals surface area (Å²) in [6, 6.07) is 1.38. The Labute approximate surface area is 107 Å². The Morgan fingerprint density at radius 3 is 2.78 bits per heavy atom. The van der Waals surface area contributed by atoms with Gasteiger partial charge in [-0.05, 0) is 12.8 Å². The zero-order valence-corrected chi connectivity index (χ0v) is 11.0. The summed E-state index contributed by atoms with van der Waals surface area (Å²) in [5.74, 6) is 1.19. The van der Waals surface area contributed by atoms with Crippen LogP contribution in [0.4, 0.5) is 0 Å². The van der Waals surface area contributed by atoms with Crippen LogP contribution in [0.1, 0.15) is 51.3 Å². The van der Waals surface area contributed by atoms with Crippen molar-refractivity contribution >= 4 is 0 Å². The highest BCUT2D eigenvalue weighted by Gasteiger charge is 2.30. The lowest BCUT2D eigenvalue weighted by atomic mass is 10.0. The predicted molar refractivity (Wildman–Crippen MR) is 69.8 cm³/mol. The summed E-state index contributed by atoms with van der Waals surface area (Å²) in [5, 5.41) is 0. The third kappa shape index (κ3) is 3.10. The van der Waals surface area contributed by atoms with Gasteiger partial charge < -0.3 is 15.5 Å². The Hall–Kier alpha value is -1.36. The Balaban J connectivity index is 2.07. The van der Waals surface area contributed by atoms with Crippen molar-refractivity contribution in [2.75, 3.05) is 6.61 Å². The monoisotopic (exact) mass is 251 g/mol. The SMILES string of the molecule is CC(C)c1nc(OCC2(N)CCCC2)cc(=O)[nH]1. The topological polar surface area (TPSA) is 81.0 Å². The number of aromatic nitrogens is 2. The van der Waals surface area contributed by atoms with E-state index in [4.69, 9.17) is 10.5 Å². The highest BCUT2D eigenvalue weighted by molar-refractivity contribution is 5.11. The summed E-state index contributed by atoms with van der Waals surface area (Å²) in [6.45, 7) is 4.38. The van der Waals surface area contributed by atoms with Gasteiger partial charge in [0.1, 0.15) is 12.4 Å². The molecular formula is C13H21N3O2. The van der Waals surface area contributed by atoms with Crippen LogP contribution in [-0.2, 0) is 0 Å². The van der Waals surface area contributed by atoms with Crippen molar-refractivity contribution in [3.8, 4) is 5.88 Å². The van der Waals surface area contributed by atoms with Crippen LogP contribution in [0.25, 0.3) is 0 Å². The van der Waals surface area contributed by atoms with Gasteiger partial charge in [0.2, 0.25) is 5.88 Å². The van der Waals surface area contributed by atoms with Crippen LogP contribution >= 0.6 is 0 Å². The predicted octanol–water partition coefficient (Wildman–Crippen LogP) is 1.54. The third-order valence-electron chi connectivity index (χ3n) is 3.39. The second-order valence-corrected chi connectivity index (χ2v) is 5.48. The van der Waals surface area contributed by atoms with Crippen LogP contribution < -0.4 is 16.0 Å². The van der Waals surface area contributed by atoms with Crippen molar-refractivity contribution in [2.24, 2.45) is 5.73 Å². The number of nitrogens with zero attached hydrogens (tertiary/aromatic N) is 1. The lowest BCUT2D eigenvalue weighted by Gasteiger charge is -2.23. The van der Waals surface area contributed by atoms with Crippen LogP contribution in [0.3, 0.4) is 0 Å². The molecule has 18 heavy (non-hydrogen) atoms. The number of nitrogens with two attached hydrogens (primary N) is 1.